The van der Waals surface area contributed by atoms with E-state index in [1.165, 1.54) is 11.6 Å². The summed E-state index contributed by atoms with van der Waals surface area (Å²) in [5, 5.41) is 2.69. The maximum absolute atomic E-state index is 14.1. The van der Waals surface area contributed by atoms with E-state index in [9.17, 15) is 22.8 Å². The van der Waals surface area contributed by atoms with Gasteiger partial charge in [-0.25, -0.2) is 0 Å². The van der Waals surface area contributed by atoms with Gasteiger partial charge in [0.1, 0.15) is 0 Å². The van der Waals surface area contributed by atoms with Crippen molar-refractivity contribution in [3.8, 4) is 0 Å². The number of rotatable bonds is 8. The zero-order valence-corrected chi connectivity index (χ0v) is 25.2. The molecule has 9 heteroatoms. The number of aryl methyl sites for hydroxylation is 2. The number of amides is 1. The van der Waals surface area contributed by atoms with Crippen molar-refractivity contribution in [1.82, 2.24) is 15.2 Å². The number of halogens is 3. The van der Waals surface area contributed by atoms with Gasteiger partial charge in [-0.3, -0.25) is 14.5 Å². The molecule has 0 aliphatic carbocycles. The number of hydrogen-bond donors (Lipinski definition) is 2. The van der Waals surface area contributed by atoms with Crippen LogP contribution in [0.5, 0.6) is 0 Å². The molecule has 42 heavy (non-hydrogen) atoms. The first-order valence-corrected chi connectivity index (χ1v) is 14.6. The second-order valence-electron chi connectivity index (χ2n) is 11.6. The van der Waals surface area contributed by atoms with Gasteiger partial charge in [-0.05, 0) is 89.3 Å². The molecule has 3 atom stereocenters. The van der Waals surface area contributed by atoms with Gasteiger partial charge in [0.25, 0.3) is 11.5 Å². The third-order valence-electron chi connectivity index (χ3n) is 8.53. The van der Waals surface area contributed by atoms with Gasteiger partial charge in [-0.15, -0.1) is 0 Å². The lowest BCUT2D eigenvalue weighted by molar-refractivity contribution is -0.137. The second-order valence-corrected chi connectivity index (χ2v) is 11.6. The van der Waals surface area contributed by atoms with E-state index in [0.29, 0.717) is 34.6 Å². The van der Waals surface area contributed by atoms with Gasteiger partial charge in [-0.1, -0.05) is 30.3 Å². The van der Waals surface area contributed by atoms with Crippen molar-refractivity contribution in [3.05, 3.63) is 98.0 Å². The maximum atomic E-state index is 14.1. The number of hydrogen-bond acceptors (Lipinski definition) is 4. The van der Waals surface area contributed by atoms with Gasteiger partial charge in [0.05, 0.1) is 5.56 Å². The SMILES string of the molecule is CCN(c1cc(C(F)(F)F)cc(C(=O)NCc2c(C)cc(C)[nH]c2=O)c1C)C1CC(C)N(Cc2ccccc2)[C@H](C)C1. The summed E-state index contributed by atoms with van der Waals surface area (Å²) in [6.07, 6.45) is -3.05. The molecular weight excluding hydrogens is 541 g/mol. The monoisotopic (exact) mass is 582 g/mol. The van der Waals surface area contributed by atoms with E-state index in [-0.39, 0.29) is 35.8 Å². The number of piperidine rings is 1. The highest BCUT2D eigenvalue weighted by Crippen LogP contribution is 2.38. The molecule has 1 saturated heterocycles. The molecule has 1 aromatic heterocycles. The van der Waals surface area contributed by atoms with Crippen molar-refractivity contribution in [1.29, 1.82) is 0 Å². The molecule has 0 radical (unpaired) electrons. The first-order chi connectivity index (χ1) is 19.8. The van der Waals surface area contributed by atoms with Crippen LogP contribution in [0, 0.1) is 20.8 Å². The molecule has 1 amide bonds. The topological polar surface area (TPSA) is 68.4 Å². The Balaban J connectivity index is 1.62. The highest BCUT2D eigenvalue weighted by atomic mass is 19.4. The van der Waals surface area contributed by atoms with E-state index in [0.717, 1.165) is 25.5 Å². The summed E-state index contributed by atoms with van der Waals surface area (Å²) in [6, 6.07) is 14.6. The molecule has 2 N–H and O–H groups in total. The van der Waals surface area contributed by atoms with Crippen LogP contribution >= 0.6 is 0 Å². The second kappa shape index (κ2) is 12.7. The Kier molecular flexibility index (Phi) is 9.50. The normalized spacial score (nSPS) is 19.5. The molecule has 6 nitrogen and oxygen atoms in total. The number of H-pyrrole nitrogens is 1. The van der Waals surface area contributed by atoms with Crippen molar-refractivity contribution in [2.75, 3.05) is 11.4 Å². The minimum Gasteiger partial charge on any atom is -0.368 e. The maximum Gasteiger partial charge on any atom is 0.416 e. The minimum atomic E-state index is -4.62. The van der Waals surface area contributed by atoms with Crippen LogP contribution in [0.2, 0.25) is 0 Å². The lowest BCUT2D eigenvalue weighted by atomic mass is 9.89. The van der Waals surface area contributed by atoms with Crippen LogP contribution in [-0.2, 0) is 19.3 Å². The molecule has 1 fully saturated rings. The zero-order chi connectivity index (χ0) is 30.8. The predicted octanol–water partition coefficient (Wildman–Crippen LogP) is 6.52. The van der Waals surface area contributed by atoms with E-state index in [1.54, 1.807) is 26.8 Å². The van der Waals surface area contributed by atoms with Crippen LogP contribution in [-0.4, -0.2) is 40.5 Å². The van der Waals surface area contributed by atoms with E-state index >= 15 is 0 Å². The summed E-state index contributed by atoms with van der Waals surface area (Å²) in [4.78, 5) is 33.0. The van der Waals surface area contributed by atoms with Crippen LogP contribution in [0.15, 0.2) is 53.3 Å². The van der Waals surface area contributed by atoms with Crippen LogP contribution in [0.1, 0.15) is 77.5 Å². The number of aromatic nitrogens is 1. The summed E-state index contributed by atoms with van der Waals surface area (Å²) < 4.78 is 42.4. The summed E-state index contributed by atoms with van der Waals surface area (Å²) in [6.45, 7) is 12.8. The van der Waals surface area contributed by atoms with Gasteiger partial charge in [-0.2, -0.15) is 13.2 Å². The molecular formula is C33H41F3N4O2. The van der Waals surface area contributed by atoms with Crippen molar-refractivity contribution in [2.24, 2.45) is 0 Å². The van der Waals surface area contributed by atoms with E-state index in [2.05, 4.69) is 41.2 Å². The molecule has 0 bridgehead atoms. The minimum absolute atomic E-state index is 0.0129. The fourth-order valence-corrected chi connectivity index (χ4v) is 6.34. The third kappa shape index (κ3) is 6.89. The van der Waals surface area contributed by atoms with Gasteiger partial charge >= 0.3 is 6.18 Å². The number of nitrogens with zero attached hydrogens (tertiary/aromatic N) is 2. The molecule has 2 unspecified atom stereocenters. The van der Waals surface area contributed by atoms with Crippen LogP contribution in [0.25, 0.3) is 0 Å². The highest BCUT2D eigenvalue weighted by Gasteiger charge is 2.37. The van der Waals surface area contributed by atoms with Crippen molar-refractivity contribution >= 4 is 11.6 Å². The molecule has 0 saturated carbocycles. The molecule has 0 spiro atoms. The molecule has 1 aliphatic heterocycles. The average Bonchev–Trinajstić information content (AvgIpc) is 2.91. The number of anilines is 1. The predicted molar refractivity (Wildman–Crippen MR) is 161 cm³/mol. The smallest absolute Gasteiger partial charge is 0.368 e. The summed E-state index contributed by atoms with van der Waals surface area (Å²) in [5.41, 5.74) is 2.69. The number of carbonyl (C=O) groups excluding carboxylic acids is 1. The molecule has 1 aliphatic rings. The van der Waals surface area contributed by atoms with Gasteiger partial charge in [0, 0.05) is 60.3 Å². The fraction of sp³-hybridized carbons (Fsp3) is 0.455. The lowest BCUT2D eigenvalue weighted by Gasteiger charge is -2.47. The number of pyridine rings is 1. The van der Waals surface area contributed by atoms with Gasteiger partial charge < -0.3 is 15.2 Å². The van der Waals surface area contributed by atoms with Crippen LogP contribution in [0.3, 0.4) is 0 Å². The number of benzene rings is 2. The highest BCUT2D eigenvalue weighted by molar-refractivity contribution is 5.97. The van der Waals surface area contributed by atoms with E-state index < -0.39 is 17.6 Å². The number of carbonyl (C=O) groups is 1. The van der Waals surface area contributed by atoms with Crippen LogP contribution in [0.4, 0.5) is 18.9 Å². The van der Waals surface area contributed by atoms with Crippen molar-refractivity contribution in [2.45, 2.75) is 91.8 Å². The van der Waals surface area contributed by atoms with Gasteiger partial charge in [0.15, 0.2) is 0 Å². The van der Waals surface area contributed by atoms with Crippen molar-refractivity contribution in [3.63, 3.8) is 0 Å². The lowest BCUT2D eigenvalue weighted by Crippen LogP contribution is -2.53. The number of alkyl halides is 3. The first-order valence-electron chi connectivity index (χ1n) is 14.6. The molecule has 2 heterocycles. The largest absolute Gasteiger partial charge is 0.416 e. The Labute approximate surface area is 245 Å². The quantitative estimate of drug-likeness (QED) is 0.318. The van der Waals surface area contributed by atoms with Gasteiger partial charge in [0.2, 0.25) is 0 Å². The Hall–Kier alpha value is -3.59. The number of likely N-dealkylation sites (tertiary alicyclic amines) is 1. The first kappa shape index (κ1) is 31.3. The Morgan fingerprint density at radius 2 is 1.69 bits per heavy atom. The Morgan fingerprint density at radius 3 is 2.26 bits per heavy atom. The zero-order valence-electron chi connectivity index (χ0n) is 25.2. The Morgan fingerprint density at radius 1 is 1.05 bits per heavy atom. The average molecular weight is 583 g/mol. The van der Waals surface area contributed by atoms with E-state index in [1.807, 2.05) is 30.0 Å². The molecule has 3 aromatic rings. The standard InChI is InChI=1S/C33H41F3N4O2/c1-7-39(27-14-22(4)40(23(5)15-27)19-25-11-9-8-10-12-25)30-17-26(33(34,35)36)16-28(24(30)6)31(41)37-18-29-20(2)13-21(3)38-32(29)42/h8-13,16-17,22-23,27H,7,14-15,18-19H2,1-6H3,(H,37,41)(H,38,42)/t22-,23?,27?/m1/s1. The fourth-order valence-electron chi connectivity index (χ4n) is 6.34. The van der Waals surface area contributed by atoms with E-state index in [4.69, 9.17) is 0 Å². The Bertz CT molecular complexity index is 1460. The summed E-state index contributed by atoms with van der Waals surface area (Å²) in [7, 11) is 0. The number of aromatic amines is 1. The molecule has 2 aromatic carbocycles. The van der Waals surface area contributed by atoms with Crippen molar-refractivity contribution < 1.29 is 18.0 Å². The molecule has 4 rings (SSSR count). The molecule has 226 valence electrons. The third-order valence-corrected chi connectivity index (χ3v) is 8.53. The summed E-state index contributed by atoms with van der Waals surface area (Å²) >= 11 is 0. The number of nitrogens with one attached hydrogen (secondary N) is 2. The summed E-state index contributed by atoms with van der Waals surface area (Å²) in [5.74, 6) is -0.644. The van der Waals surface area contributed by atoms with Crippen LogP contribution < -0.4 is 15.8 Å².